The number of para-hydroxylation sites is 1. The molecule has 0 aliphatic carbocycles. The summed E-state index contributed by atoms with van der Waals surface area (Å²) in [4.78, 5) is 16.6. The van der Waals surface area contributed by atoms with Crippen LogP contribution in [0.25, 0.3) is 0 Å². The number of halogens is 1. The van der Waals surface area contributed by atoms with E-state index in [1.165, 1.54) is 6.07 Å². The molecule has 1 amide bonds. The van der Waals surface area contributed by atoms with E-state index in [0.717, 1.165) is 43.9 Å². The Morgan fingerprint density at radius 3 is 2.65 bits per heavy atom. The Balaban J connectivity index is 1.43. The average molecular weight is 356 g/mol. The van der Waals surface area contributed by atoms with Crippen LogP contribution in [0.5, 0.6) is 5.75 Å². The second kappa shape index (κ2) is 9.34. The Labute approximate surface area is 154 Å². The first-order chi connectivity index (χ1) is 12.7. The van der Waals surface area contributed by atoms with E-state index in [4.69, 9.17) is 4.74 Å². The van der Waals surface area contributed by atoms with E-state index < -0.39 is 0 Å². The van der Waals surface area contributed by atoms with Gasteiger partial charge in [-0.1, -0.05) is 30.3 Å². The third kappa shape index (κ3) is 5.56. The lowest BCUT2D eigenvalue weighted by molar-refractivity contribution is -0.131. The zero-order chi connectivity index (χ0) is 18.2. The normalized spacial score (nSPS) is 15.5. The number of ether oxygens (including phenoxy) is 1. The van der Waals surface area contributed by atoms with E-state index in [-0.39, 0.29) is 11.7 Å². The molecule has 2 aromatic carbocycles. The van der Waals surface area contributed by atoms with Crippen LogP contribution in [-0.2, 0) is 11.3 Å². The van der Waals surface area contributed by atoms with Crippen molar-refractivity contribution in [1.82, 2.24) is 9.80 Å². The number of carbonyl (C=O) groups excluding carboxylic acids is 1. The molecule has 1 saturated heterocycles. The number of hydrogen-bond donors (Lipinski definition) is 0. The van der Waals surface area contributed by atoms with E-state index >= 15 is 0 Å². The van der Waals surface area contributed by atoms with Crippen LogP contribution in [0.2, 0.25) is 0 Å². The molecule has 26 heavy (non-hydrogen) atoms. The number of carbonyl (C=O) groups is 1. The molecule has 2 aromatic rings. The number of benzene rings is 2. The minimum Gasteiger partial charge on any atom is -0.493 e. The monoisotopic (exact) mass is 356 g/mol. The maximum atomic E-state index is 13.3. The molecule has 5 heteroatoms. The topological polar surface area (TPSA) is 32.8 Å². The van der Waals surface area contributed by atoms with E-state index in [1.807, 2.05) is 41.3 Å². The molecule has 3 rings (SSSR count). The first-order valence-electron chi connectivity index (χ1n) is 9.13. The van der Waals surface area contributed by atoms with Gasteiger partial charge in [0, 0.05) is 32.7 Å². The Bertz CT molecular complexity index is 708. The zero-order valence-corrected chi connectivity index (χ0v) is 14.9. The third-order valence-corrected chi connectivity index (χ3v) is 4.56. The third-order valence-electron chi connectivity index (χ3n) is 4.56. The first kappa shape index (κ1) is 18.4. The van der Waals surface area contributed by atoms with Gasteiger partial charge in [-0.25, -0.2) is 4.39 Å². The molecule has 0 saturated carbocycles. The second-order valence-corrected chi connectivity index (χ2v) is 6.55. The molecular formula is C21H25FN2O2. The molecule has 1 aliphatic rings. The molecule has 138 valence electrons. The van der Waals surface area contributed by atoms with Crippen molar-refractivity contribution in [2.75, 3.05) is 32.8 Å². The van der Waals surface area contributed by atoms with E-state index in [0.29, 0.717) is 19.6 Å². The van der Waals surface area contributed by atoms with Crippen LogP contribution in [-0.4, -0.2) is 48.5 Å². The molecule has 0 unspecified atom stereocenters. The van der Waals surface area contributed by atoms with E-state index in [2.05, 4.69) is 4.90 Å². The molecule has 0 spiro atoms. The summed E-state index contributed by atoms with van der Waals surface area (Å²) >= 11 is 0. The van der Waals surface area contributed by atoms with Crippen LogP contribution in [0.15, 0.2) is 54.6 Å². The fraction of sp³-hybridized carbons (Fsp3) is 0.381. The molecule has 0 aromatic heterocycles. The van der Waals surface area contributed by atoms with Gasteiger partial charge >= 0.3 is 0 Å². The van der Waals surface area contributed by atoms with Crippen molar-refractivity contribution in [2.45, 2.75) is 19.4 Å². The van der Waals surface area contributed by atoms with Crippen LogP contribution in [0.1, 0.15) is 18.4 Å². The number of rotatable bonds is 6. The van der Waals surface area contributed by atoms with Gasteiger partial charge in [-0.15, -0.1) is 0 Å². The van der Waals surface area contributed by atoms with Gasteiger partial charge in [0.15, 0.2) is 0 Å². The van der Waals surface area contributed by atoms with Gasteiger partial charge in [-0.05, 0) is 36.2 Å². The fourth-order valence-electron chi connectivity index (χ4n) is 3.20. The largest absolute Gasteiger partial charge is 0.493 e. The predicted molar refractivity (Wildman–Crippen MR) is 99.4 cm³/mol. The molecule has 0 N–H and O–H groups in total. The highest BCUT2D eigenvalue weighted by Crippen LogP contribution is 2.12. The first-order valence-corrected chi connectivity index (χ1v) is 9.13. The van der Waals surface area contributed by atoms with Crippen molar-refractivity contribution in [3.8, 4) is 5.75 Å². The van der Waals surface area contributed by atoms with Crippen molar-refractivity contribution < 1.29 is 13.9 Å². The summed E-state index contributed by atoms with van der Waals surface area (Å²) in [6.07, 6.45) is 1.32. The summed E-state index contributed by atoms with van der Waals surface area (Å²) in [6.45, 7) is 4.31. The fourth-order valence-corrected chi connectivity index (χ4v) is 3.20. The molecule has 0 atom stereocenters. The Kier molecular flexibility index (Phi) is 6.61. The van der Waals surface area contributed by atoms with Crippen LogP contribution in [0, 0.1) is 5.82 Å². The standard InChI is InChI=1S/C21H25FN2O2/c22-19-7-4-6-18(16-19)17-23-11-5-12-24(14-13-23)21(25)10-15-26-20-8-2-1-3-9-20/h1-4,6-9,16H,5,10-15,17H2. The SMILES string of the molecule is O=C(CCOc1ccccc1)N1CCCN(Cc2cccc(F)c2)CC1. The van der Waals surface area contributed by atoms with Crippen molar-refractivity contribution in [1.29, 1.82) is 0 Å². The lowest BCUT2D eigenvalue weighted by atomic mass is 10.2. The predicted octanol–water partition coefficient (Wildman–Crippen LogP) is 3.33. The highest BCUT2D eigenvalue weighted by Gasteiger charge is 2.19. The van der Waals surface area contributed by atoms with Crippen LogP contribution < -0.4 is 4.74 Å². The van der Waals surface area contributed by atoms with Crippen LogP contribution in [0.3, 0.4) is 0 Å². The van der Waals surface area contributed by atoms with E-state index in [1.54, 1.807) is 12.1 Å². The molecule has 1 aliphatic heterocycles. The summed E-state index contributed by atoms with van der Waals surface area (Å²) in [5.41, 5.74) is 0.973. The van der Waals surface area contributed by atoms with Crippen molar-refractivity contribution in [3.05, 3.63) is 66.0 Å². The molecule has 1 heterocycles. The minimum atomic E-state index is -0.201. The van der Waals surface area contributed by atoms with Gasteiger partial charge < -0.3 is 9.64 Å². The van der Waals surface area contributed by atoms with Gasteiger partial charge in [-0.3, -0.25) is 9.69 Å². The Morgan fingerprint density at radius 2 is 1.85 bits per heavy atom. The van der Waals surface area contributed by atoms with E-state index in [9.17, 15) is 9.18 Å². The molecule has 0 radical (unpaired) electrons. The van der Waals surface area contributed by atoms with Gasteiger partial charge in [0.1, 0.15) is 11.6 Å². The summed E-state index contributed by atoms with van der Waals surface area (Å²) < 4.78 is 18.9. The number of amides is 1. The smallest absolute Gasteiger partial charge is 0.226 e. The van der Waals surface area contributed by atoms with Gasteiger partial charge in [0.05, 0.1) is 13.0 Å². The Hall–Kier alpha value is -2.40. The van der Waals surface area contributed by atoms with Crippen molar-refractivity contribution in [3.63, 3.8) is 0 Å². The summed E-state index contributed by atoms with van der Waals surface area (Å²) in [5.74, 6) is 0.721. The summed E-state index contributed by atoms with van der Waals surface area (Å²) in [6, 6.07) is 16.3. The second-order valence-electron chi connectivity index (χ2n) is 6.55. The number of nitrogens with zero attached hydrogens (tertiary/aromatic N) is 2. The summed E-state index contributed by atoms with van der Waals surface area (Å²) in [5, 5.41) is 0. The quantitative estimate of drug-likeness (QED) is 0.796. The minimum absolute atomic E-state index is 0.133. The molecule has 1 fully saturated rings. The highest BCUT2D eigenvalue weighted by molar-refractivity contribution is 5.76. The summed E-state index contributed by atoms with van der Waals surface area (Å²) in [7, 11) is 0. The highest BCUT2D eigenvalue weighted by atomic mass is 19.1. The maximum absolute atomic E-state index is 13.3. The molecular weight excluding hydrogens is 331 g/mol. The van der Waals surface area contributed by atoms with Crippen LogP contribution >= 0.6 is 0 Å². The van der Waals surface area contributed by atoms with Gasteiger partial charge in [0.25, 0.3) is 0 Å². The maximum Gasteiger partial charge on any atom is 0.226 e. The van der Waals surface area contributed by atoms with Crippen molar-refractivity contribution >= 4 is 5.91 Å². The molecule has 0 bridgehead atoms. The lowest BCUT2D eigenvalue weighted by Gasteiger charge is -2.22. The number of hydrogen-bond acceptors (Lipinski definition) is 3. The van der Waals surface area contributed by atoms with Crippen LogP contribution in [0.4, 0.5) is 4.39 Å². The lowest BCUT2D eigenvalue weighted by Crippen LogP contribution is -2.35. The average Bonchev–Trinajstić information content (AvgIpc) is 2.88. The zero-order valence-electron chi connectivity index (χ0n) is 14.9. The van der Waals surface area contributed by atoms with Gasteiger partial charge in [0.2, 0.25) is 5.91 Å². The van der Waals surface area contributed by atoms with Gasteiger partial charge in [-0.2, -0.15) is 0 Å². The Morgan fingerprint density at radius 1 is 1.00 bits per heavy atom. The van der Waals surface area contributed by atoms with Crippen molar-refractivity contribution in [2.24, 2.45) is 0 Å². The molecule has 4 nitrogen and oxygen atoms in total.